The Labute approximate surface area is 163 Å². The number of ether oxygens (including phenoxy) is 1. The molecule has 142 valence electrons. The van der Waals surface area contributed by atoms with E-state index in [0.717, 1.165) is 11.1 Å². The van der Waals surface area contributed by atoms with Gasteiger partial charge in [-0.05, 0) is 37.1 Å². The maximum atomic E-state index is 12.8. The van der Waals surface area contributed by atoms with Gasteiger partial charge in [-0.15, -0.1) is 0 Å². The van der Waals surface area contributed by atoms with Gasteiger partial charge in [0, 0.05) is 17.0 Å². The number of benzene rings is 2. The molecule has 0 radical (unpaired) electrons. The number of morpholine rings is 1. The molecular weight excluding hydrogens is 366 g/mol. The number of hydrogen-bond acceptors (Lipinski definition) is 3. The molecule has 2 aromatic rings. The Hall–Kier alpha value is -2.37. The molecular formula is C21H22ClNO4. The molecule has 2 atom stereocenters. The molecule has 0 saturated carbocycles. The van der Waals surface area contributed by atoms with Crippen LogP contribution in [0.2, 0.25) is 5.02 Å². The van der Waals surface area contributed by atoms with Crippen LogP contribution in [-0.2, 0) is 16.0 Å². The van der Waals surface area contributed by atoms with Crippen LogP contribution in [0.1, 0.15) is 40.9 Å². The van der Waals surface area contributed by atoms with Crippen LogP contribution < -0.4 is 0 Å². The lowest BCUT2D eigenvalue weighted by atomic mass is 10.0. The van der Waals surface area contributed by atoms with E-state index in [1.165, 1.54) is 0 Å². The predicted molar refractivity (Wildman–Crippen MR) is 103 cm³/mol. The van der Waals surface area contributed by atoms with E-state index >= 15 is 0 Å². The zero-order valence-corrected chi connectivity index (χ0v) is 15.9. The summed E-state index contributed by atoms with van der Waals surface area (Å²) in [6, 6.07) is 14.2. The molecule has 0 aromatic heterocycles. The van der Waals surface area contributed by atoms with Gasteiger partial charge in [-0.2, -0.15) is 0 Å². The van der Waals surface area contributed by atoms with Crippen molar-refractivity contribution in [3.63, 3.8) is 0 Å². The number of rotatable bonds is 5. The number of amides is 1. The second-order valence-corrected chi connectivity index (χ2v) is 7.15. The summed E-state index contributed by atoms with van der Waals surface area (Å²) in [6.45, 7) is 2.92. The van der Waals surface area contributed by atoms with E-state index in [1.54, 1.807) is 24.3 Å². The SMILES string of the molecule is CC1COC(c2ccccc2Cl)CN1C(=O)CCc1ccc(C(=O)O)cc1. The second-order valence-electron chi connectivity index (χ2n) is 6.74. The van der Waals surface area contributed by atoms with Crippen molar-refractivity contribution in [1.29, 1.82) is 0 Å². The summed E-state index contributed by atoms with van der Waals surface area (Å²) in [5, 5.41) is 9.59. The highest BCUT2D eigenvalue weighted by Crippen LogP contribution is 2.30. The van der Waals surface area contributed by atoms with E-state index in [4.69, 9.17) is 21.4 Å². The predicted octanol–water partition coefficient (Wildman–Crippen LogP) is 3.96. The van der Waals surface area contributed by atoms with Crippen molar-refractivity contribution in [2.75, 3.05) is 13.2 Å². The first-order valence-electron chi connectivity index (χ1n) is 8.93. The average Bonchev–Trinajstić information content (AvgIpc) is 2.67. The van der Waals surface area contributed by atoms with Crippen molar-refractivity contribution in [2.24, 2.45) is 0 Å². The minimum atomic E-state index is -0.953. The summed E-state index contributed by atoms with van der Waals surface area (Å²) in [7, 11) is 0. The largest absolute Gasteiger partial charge is 0.478 e. The fourth-order valence-electron chi connectivity index (χ4n) is 3.24. The quantitative estimate of drug-likeness (QED) is 0.843. The number of aryl methyl sites for hydroxylation is 1. The van der Waals surface area contributed by atoms with Crippen LogP contribution in [0.5, 0.6) is 0 Å². The van der Waals surface area contributed by atoms with Crippen molar-refractivity contribution in [2.45, 2.75) is 31.9 Å². The number of carbonyl (C=O) groups is 2. The molecule has 1 heterocycles. The third kappa shape index (κ3) is 4.67. The summed E-state index contributed by atoms with van der Waals surface area (Å²) in [5.74, 6) is -0.893. The summed E-state index contributed by atoms with van der Waals surface area (Å²) < 4.78 is 5.90. The molecule has 27 heavy (non-hydrogen) atoms. The van der Waals surface area contributed by atoms with Crippen LogP contribution in [0, 0.1) is 0 Å². The van der Waals surface area contributed by atoms with Crippen LogP contribution in [0.4, 0.5) is 0 Å². The Morgan fingerprint density at radius 2 is 1.89 bits per heavy atom. The Kier molecular flexibility index (Phi) is 6.14. The van der Waals surface area contributed by atoms with E-state index < -0.39 is 5.97 Å². The van der Waals surface area contributed by atoms with Crippen LogP contribution in [-0.4, -0.2) is 41.1 Å². The van der Waals surface area contributed by atoms with Gasteiger partial charge in [0.2, 0.25) is 5.91 Å². The Balaban J connectivity index is 1.62. The summed E-state index contributed by atoms with van der Waals surface area (Å²) >= 11 is 6.27. The fourth-order valence-corrected chi connectivity index (χ4v) is 3.49. The standard InChI is InChI=1S/C21H22ClNO4/c1-14-13-27-19(17-4-2-3-5-18(17)22)12-23(14)20(24)11-8-15-6-9-16(10-7-15)21(25)26/h2-7,9-10,14,19H,8,11-13H2,1H3,(H,25,26). The van der Waals surface area contributed by atoms with Gasteiger partial charge in [0.05, 0.1) is 24.8 Å². The third-order valence-electron chi connectivity index (χ3n) is 4.83. The lowest BCUT2D eigenvalue weighted by Gasteiger charge is -2.38. The van der Waals surface area contributed by atoms with E-state index in [-0.39, 0.29) is 23.6 Å². The molecule has 0 bridgehead atoms. The highest BCUT2D eigenvalue weighted by molar-refractivity contribution is 6.31. The maximum absolute atomic E-state index is 12.8. The molecule has 0 spiro atoms. The Morgan fingerprint density at radius 1 is 1.19 bits per heavy atom. The Bertz CT molecular complexity index is 821. The van der Waals surface area contributed by atoms with Gasteiger partial charge in [-0.25, -0.2) is 4.79 Å². The highest BCUT2D eigenvalue weighted by Gasteiger charge is 2.31. The lowest BCUT2D eigenvalue weighted by Crippen LogP contribution is -2.48. The van der Waals surface area contributed by atoms with Crippen molar-refractivity contribution in [1.82, 2.24) is 4.90 Å². The zero-order chi connectivity index (χ0) is 19.4. The van der Waals surface area contributed by atoms with Gasteiger partial charge in [0.1, 0.15) is 6.10 Å². The highest BCUT2D eigenvalue weighted by atomic mass is 35.5. The molecule has 5 nitrogen and oxygen atoms in total. The zero-order valence-electron chi connectivity index (χ0n) is 15.1. The average molecular weight is 388 g/mol. The minimum absolute atomic E-state index is 0.00521. The molecule has 1 saturated heterocycles. The number of hydrogen-bond donors (Lipinski definition) is 1. The third-order valence-corrected chi connectivity index (χ3v) is 5.18. The molecule has 2 unspecified atom stereocenters. The molecule has 6 heteroatoms. The molecule has 2 aromatic carbocycles. The fraction of sp³-hybridized carbons (Fsp3) is 0.333. The van der Waals surface area contributed by atoms with Gasteiger partial charge in [0.25, 0.3) is 0 Å². The molecule has 3 rings (SSSR count). The number of carbonyl (C=O) groups excluding carboxylic acids is 1. The van der Waals surface area contributed by atoms with Crippen LogP contribution in [0.25, 0.3) is 0 Å². The molecule has 0 aliphatic carbocycles. The van der Waals surface area contributed by atoms with E-state index in [1.807, 2.05) is 36.1 Å². The van der Waals surface area contributed by atoms with E-state index in [2.05, 4.69) is 0 Å². The Morgan fingerprint density at radius 3 is 2.56 bits per heavy atom. The van der Waals surface area contributed by atoms with E-state index in [9.17, 15) is 9.59 Å². The van der Waals surface area contributed by atoms with Crippen LogP contribution >= 0.6 is 11.6 Å². The summed E-state index contributed by atoms with van der Waals surface area (Å²) in [6.07, 6.45) is 0.708. The van der Waals surface area contributed by atoms with Gasteiger partial charge < -0.3 is 14.7 Å². The smallest absolute Gasteiger partial charge is 0.335 e. The van der Waals surface area contributed by atoms with Gasteiger partial charge >= 0.3 is 5.97 Å². The monoisotopic (exact) mass is 387 g/mol. The molecule has 1 N–H and O–H groups in total. The van der Waals surface area contributed by atoms with Crippen molar-refractivity contribution in [3.05, 3.63) is 70.2 Å². The van der Waals surface area contributed by atoms with Crippen LogP contribution in [0.15, 0.2) is 48.5 Å². The number of aromatic carboxylic acids is 1. The molecule has 1 aliphatic rings. The molecule has 1 amide bonds. The number of carboxylic acids is 1. The minimum Gasteiger partial charge on any atom is -0.478 e. The first-order valence-corrected chi connectivity index (χ1v) is 9.31. The van der Waals surface area contributed by atoms with Crippen LogP contribution in [0.3, 0.4) is 0 Å². The molecule has 1 fully saturated rings. The first kappa shape index (κ1) is 19.4. The van der Waals surface area contributed by atoms with Gasteiger partial charge in [0.15, 0.2) is 0 Å². The van der Waals surface area contributed by atoms with Crippen molar-refractivity contribution < 1.29 is 19.4 Å². The van der Waals surface area contributed by atoms with Gasteiger partial charge in [-0.1, -0.05) is 41.9 Å². The van der Waals surface area contributed by atoms with E-state index in [0.29, 0.717) is 31.0 Å². The maximum Gasteiger partial charge on any atom is 0.335 e. The van der Waals surface area contributed by atoms with Crippen molar-refractivity contribution in [3.8, 4) is 0 Å². The van der Waals surface area contributed by atoms with Crippen molar-refractivity contribution >= 4 is 23.5 Å². The summed E-state index contributed by atoms with van der Waals surface area (Å²) in [5.41, 5.74) is 2.08. The summed E-state index contributed by atoms with van der Waals surface area (Å²) in [4.78, 5) is 25.5. The normalized spacial score (nSPS) is 19.7. The lowest BCUT2D eigenvalue weighted by molar-refractivity contribution is -0.144. The second kappa shape index (κ2) is 8.55. The van der Waals surface area contributed by atoms with Gasteiger partial charge in [-0.3, -0.25) is 4.79 Å². The topological polar surface area (TPSA) is 66.8 Å². The first-order chi connectivity index (χ1) is 13.0. The molecule has 1 aliphatic heterocycles. The number of carboxylic acid groups (broad SMARTS) is 1. The number of halogens is 1. The number of nitrogens with zero attached hydrogens (tertiary/aromatic N) is 1.